The second kappa shape index (κ2) is 7.48. The summed E-state index contributed by atoms with van der Waals surface area (Å²) in [7, 11) is 0. The Morgan fingerprint density at radius 3 is 3.04 bits per heavy atom. The molecular formula is C18H18N4O5. The van der Waals surface area contributed by atoms with Gasteiger partial charge in [-0.2, -0.15) is 0 Å². The van der Waals surface area contributed by atoms with E-state index in [2.05, 4.69) is 10.1 Å². The molecule has 0 spiro atoms. The van der Waals surface area contributed by atoms with Crippen LogP contribution in [0.2, 0.25) is 0 Å². The van der Waals surface area contributed by atoms with E-state index >= 15 is 0 Å². The quantitative estimate of drug-likeness (QED) is 0.714. The summed E-state index contributed by atoms with van der Waals surface area (Å²) in [6.07, 6.45) is 5.84. The highest BCUT2D eigenvalue weighted by Gasteiger charge is 2.34. The number of amides is 2. The van der Waals surface area contributed by atoms with Crippen molar-refractivity contribution >= 4 is 23.9 Å². The molecule has 2 aromatic heterocycles. The van der Waals surface area contributed by atoms with Crippen LogP contribution in [0.15, 0.2) is 41.3 Å². The van der Waals surface area contributed by atoms with E-state index in [9.17, 15) is 9.59 Å². The zero-order valence-corrected chi connectivity index (χ0v) is 14.5. The van der Waals surface area contributed by atoms with Gasteiger partial charge in [0.25, 0.3) is 5.88 Å². The van der Waals surface area contributed by atoms with Gasteiger partial charge in [0.2, 0.25) is 6.41 Å². The first-order valence-electron chi connectivity index (χ1n) is 8.59. The minimum atomic E-state index is -0.460. The van der Waals surface area contributed by atoms with Gasteiger partial charge in [0.05, 0.1) is 6.54 Å². The van der Waals surface area contributed by atoms with E-state index < -0.39 is 12.2 Å². The van der Waals surface area contributed by atoms with Crippen molar-refractivity contribution in [1.29, 1.82) is 0 Å². The highest BCUT2D eigenvalue weighted by molar-refractivity contribution is 5.89. The molecule has 2 aromatic rings. The van der Waals surface area contributed by atoms with Gasteiger partial charge in [-0.25, -0.2) is 9.78 Å². The number of carbonyl (C=O) groups excluding carboxylic acids is 2. The maximum atomic E-state index is 12.2. The van der Waals surface area contributed by atoms with Crippen molar-refractivity contribution < 1.29 is 23.6 Å². The van der Waals surface area contributed by atoms with E-state index in [0.29, 0.717) is 31.3 Å². The van der Waals surface area contributed by atoms with Gasteiger partial charge in [-0.15, -0.1) is 0 Å². The number of hydrogen-bond donors (Lipinski definition) is 0. The summed E-state index contributed by atoms with van der Waals surface area (Å²) >= 11 is 0. The average Bonchev–Trinajstić information content (AvgIpc) is 3.36. The van der Waals surface area contributed by atoms with Gasteiger partial charge in [-0.1, -0.05) is 6.08 Å². The maximum Gasteiger partial charge on any atom is 0.416 e. The lowest BCUT2D eigenvalue weighted by Crippen LogP contribution is -2.28. The number of aromatic nitrogens is 2. The molecular weight excluding hydrogens is 352 g/mol. The number of pyridine rings is 1. The van der Waals surface area contributed by atoms with Crippen LogP contribution in [0.4, 0.5) is 10.6 Å². The van der Waals surface area contributed by atoms with Crippen molar-refractivity contribution in [2.75, 3.05) is 31.1 Å². The summed E-state index contributed by atoms with van der Waals surface area (Å²) < 4.78 is 15.5. The highest BCUT2D eigenvalue weighted by Crippen LogP contribution is 2.26. The molecule has 0 bridgehead atoms. The summed E-state index contributed by atoms with van der Waals surface area (Å²) in [4.78, 5) is 30.6. The number of ether oxygens (including phenoxy) is 2. The minimum absolute atomic E-state index is 0.182. The van der Waals surface area contributed by atoms with Gasteiger partial charge in [-0.05, 0) is 34.8 Å². The molecule has 140 valence electrons. The van der Waals surface area contributed by atoms with Crippen molar-refractivity contribution in [3.63, 3.8) is 0 Å². The molecule has 4 heterocycles. The lowest BCUT2D eigenvalue weighted by molar-refractivity contribution is -0.117. The van der Waals surface area contributed by atoms with Crippen molar-refractivity contribution in [2.45, 2.75) is 12.5 Å². The van der Waals surface area contributed by atoms with Gasteiger partial charge in [0, 0.05) is 25.4 Å². The van der Waals surface area contributed by atoms with Crippen molar-refractivity contribution in [3.05, 3.63) is 42.3 Å². The van der Waals surface area contributed by atoms with Crippen molar-refractivity contribution in [2.24, 2.45) is 0 Å². The van der Waals surface area contributed by atoms with Crippen LogP contribution >= 0.6 is 0 Å². The summed E-state index contributed by atoms with van der Waals surface area (Å²) in [5.41, 5.74) is 2.12. The molecule has 1 fully saturated rings. The molecule has 1 saturated heterocycles. The predicted molar refractivity (Wildman–Crippen MR) is 94.1 cm³/mol. The number of nitrogens with zero attached hydrogens (tertiary/aromatic N) is 4. The van der Waals surface area contributed by atoms with Gasteiger partial charge in [0.1, 0.15) is 18.7 Å². The van der Waals surface area contributed by atoms with E-state index in [-0.39, 0.29) is 6.61 Å². The molecule has 9 heteroatoms. The standard InChI is InChI=1S/C18H18N4O5/c23-12-21-6-2-13(3-7-21)14-1-5-19-16(9-14)22-10-15(27-18(22)24)11-25-17-4-8-26-20-17/h1-2,4-5,8-9,12,15H,3,6-7,10-11H2. The van der Waals surface area contributed by atoms with Crippen molar-refractivity contribution in [3.8, 4) is 5.88 Å². The van der Waals surface area contributed by atoms with Gasteiger partial charge in [-0.3, -0.25) is 9.69 Å². The van der Waals surface area contributed by atoms with Crippen LogP contribution in [0.1, 0.15) is 12.0 Å². The molecule has 9 nitrogen and oxygen atoms in total. The Hall–Kier alpha value is -3.36. The zero-order valence-electron chi connectivity index (χ0n) is 14.5. The van der Waals surface area contributed by atoms with Crippen molar-refractivity contribution in [1.82, 2.24) is 15.0 Å². The first-order chi connectivity index (χ1) is 13.2. The first-order valence-corrected chi connectivity index (χ1v) is 8.59. The third kappa shape index (κ3) is 3.76. The van der Waals surface area contributed by atoms with Gasteiger partial charge >= 0.3 is 6.09 Å². The van der Waals surface area contributed by atoms with E-state index in [1.54, 1.807) is 17.2 Å². The van der Waals surface area contributed by atoms with Crippen LogP contribution in [0.25, 0.3) is 5.57 Å². The Balaban J connectivity index is 1.43. The molecule has 27 heavy (non-hydrogen) atoms. The predicted octanol–water partition coefficient (Wildman–Crippen LogP) is 1.72. The minimum Gasteiger partial charge on any atom is -0.471 e. The number of carbonyl (C=O) groups is 2. The fraction of sp³-hybridized carbons (Fsp3) is 0.333. The molecule has 0 radical (unpaired) electrons. The zero-order chi connectivity index (χ0) is 18.6. The lowest BCUT2D eigenvalue weighted by Gasteiger charge is -2.23. The normalized spacial score (nSPS) is 19.6. The monoisotopic (exact) mass is 370 g/mol. The van der Waals surface area contributed by atoms with Crippen LogP contribution < -0.4 is 9.64 Å². The van der Waals surface area contributed by atoms with E-state index in [0.717, 1.165) is 24.0 Å². The second-order valence-electron chi connectivity index (χ2n) is 6.25. The van der Waals surface area contributed by atoms with Crippen LogP contribution in [-0.2, 0) is 9.53 Å². The van der Waals surface area contributed by atoms with E-state index in [1.807, 2.05) is 18.2 Å². The van der Waals surface area contributed by atoms with Crippen LogP contribution in [0.5, 0.6) is 5.88 Å². The summed E-state index contributed by atoms with van der Waals surface area (Å²) in [5, 5.41) is 3.65. The number of hydrogen-bond acceptors (Lipinski definition) is 7. The molecule has 2 aliphatic heterocycles. The third-order valence-electron chi connectivity index (χ3n) is 4.49. The molecule has 0 aromatic carbocycles. The van der Waals surface area contributed by atoms with E-state index in [1.165, 1.54) is 11.2 Å². The van der Waals surface area contributed by atoms with Gasteiger partial charge < -0.3 is 18.9 Å². The number of anilines is 1. The molecule has 2 aliphatic rings. The smallest absolute Gasteiger partial charge is 0.416 e. The van der Waals surface area contributed by atoms with Crippen LogP contribution in [-0.4, -0.2) is 59.9 Å². The van der Waals surface area contributed by atoms with Gasteiger partial charge in [0.15, 0.2) is 6.10 Å². The lowest BCUT2D eigenvalue weighted by atomic mass is 10.0. The topological polar surface area (TPSA) is 98.0 Å². The molecule has 1 atom stereocenters. The SMILES string of the molecule is O=CN1CC=C(c2ccnc(N3CC(COc4ccon4)OC3=O)c2)CC1. The summed E-state index contributed by atoms with van der Waals surface area (Å²) in [6.45, 7) is 1.79. The Labute approximate surface area is 155 Å². The number of rotatable bonds is 6. The summed E-state index contributed by atoms with van der Waals surface area (Å²) in [5.74, 6) is 0.873. The molecule has 0 N–H and O–H groups in total. The van der Waals surface area contributed by atoms with Crippen LogP contribution in [0, 0.1) is 0 Å². The molecule has 4 rings (SSSR count). The Morgan fingerprint density at radius 2 is 2.30 bits per heavy atom. The Morgan fingerprint density at radius 1 is 1.37 bits per heavy atom. The molecule has 0 aliphatic carbocycles. The second-order valence-corrected chi connectivity index (χ2v) is 6.25. The largest absolute Gasteiger partial charge is 0.471 e. The third-order valence-corrected chi connectivity index (χ3v) is 4.49. The fourth-order valence-corrected chi connectivity index (χ4v) is 3.06. The number of cyclic esters (lactones) is 1. The highest BCUT2D eigenvalue weighted by atomic mass is 16.6. The summed E-state index contributed by atoms with van der Waals surface area (Å²) in [6, 6.07) is 5.35. The Bertz CT molecular complexity index is 851. The first kappa shape index (κ1) is 17.1. The molecule has 2 amide bonds. The maximum absolute atomic E-state index is 12.2. The fourth-order valence-electron chi connectivity index (χ4n) is 3.06. The molecule has 1 unspecified atom stereocenters. The average molecular weight is 370 g/mol. The Kier molecular flexibility index (Phi) is 4.73. The van der Waals surface area contributed by atoms with E-state index in [4.69, 9.17) is 14.0 Å². The molecule has 0 saturated carbocycles. The van der Waals surface area contributed by atoms with Crippen LogP contribution in [0.3, 0.4) is 0 Å².